The van der Waals surface area contributed by atoms with Crippen molar-refractivity contribution in [1.29, 1.82) is 0 Å². The summed E-state index contributed by atoms with van der Waals surface area (Å²) in [4.78, 5) is 9.24. The Balaban J connectivity index is 1.57. The Kier molecular flexibility index (Phi) is 3.85. The average molecular weight is 260 g/mol. The van der Waals surface area contributed by atoms with Gasteiger partial charge in [0.25, 0.3) is 0 Å². The summed E-state index contributed by atoms with van der Waals surface area (Å²) >= 11 is 0. The molecule has 1 aromatic heterocycles. The van der Waals surface area contributed by atoms with Crippen LogP contribution in [0.4, 0.5) is 11.6 Å². The highest BCUT2D eigenvalue weighted by Gasteiger charge is 2.27. The summed E-state index contributed by atoms with van der Waals surface area (Å²) in [5, 5.41) is 6.76. The first-order chi connectivity index (χ1) is 9.35. The van der Waals surface area contributed by atoms with Crippen LogP contribution in [0.15, 0.2) is 6.07 Å². The van der Waals surface area contributed by atoms with Gasteiger partial charge in [-0.25, -0.2) is 9.97 Å². The first-order valence-electron chi connectivity index (χ1n) is 7.72. The summed E-state index contributed by atoms with van der Waals surface area (Å²) in [7, 11) is 0. The van der Waals surface area contributed by atoms with E-state index >= 15 is 0 Å². The second-order valence-electron chi connectivity index (χ2n) is 5.81. The number of rotatable bonds is 8. The predicted octanol–water partition coefficient (Wildman–Crippen LogP) is 3.39. The number of hydrogen-bond donors (Lipinski definition) is 2. The summed E-state index contributed by atoms with van der Waals surface area (Å²) in [5.41, 5.74) is 0. The molecule has 0 unspecified atom stereocenters. The van der Waals surface area contributed by atoms with Gasteiger partial charge in [-0.3, -0.25) is 0 Å². The second-order valence-corrected chi connectivity index (χ2v) is 5.81. The summed E-state index contributed by atoms with van der Waals surface area (Å²) in [6.45, 7) is 4.03. The highest BCUT2D eigenvalue weighted by Crippen LogP contribution is 2.38. The molecule has 4 nitrogen and oxygen atoms in total. The summed E-state index contributed by atoms with van der Waals surface area (Å²) in [6, 6.07) is 2.03. The van der Waals surface area contributed by atoms with E-state index < -0.39 is 0 Å². The monoisotopic (exact) mass is 260 g/mol. The van der Waals surface area contributed by atoms with Crippen LogP contribution in [0.2, 0.25) is 0 Å². The Morgan fingerprint density at radius 3 is 2.47 bits per heavy atom. The lowest BCUT2D eigenvalue weighted by molar-refractivity contribution is 0.686. The Morgan fingerprint density at radius 1 is 1.11 bits per heavy atom. The Morgan fingerprint density at radius 2 is 1.84 bits per heavy atom. The van der Waals surface area contributed by atoms with Crippen molar-refractivity contribution in [3.8, 4) is 0 Å². The van der Waals surface area contributed by atoms with Gasteiger partial charge in [-0.05, 0) is 38.5 Å². The molecule has 3 rings (SSSR count). The van der Waals surface area contributed by atoms with Crippen molar-refractivity contribution in [2.45, 2.75) is 51.4 Å². The lowest BCUT2D eigenvalue weighted by Crippen LogP contribution is -2.08. The summed E-state index contributed by atoms with van der Waals surface area (Å²) < 4.78 is 0. The molecular weight excluding hydrogens is 236 g/mol. The third kappa shape index (κ3) is 3.82. The molecule has 2 N–H and O–H groups in total. The van der Waals surface area contributed by atoms with Crippen LogP contribution in [-0.2, 0) is 0 Å². The molecular formula is C15H24N4. The molecule has 2 saturated carbocycles. The second kappa shape index (κ2) is 5.76. The Bertz CT molecular complexity index is 424. The number of nitrogens with one attached hydrogen (secondary N) is 2. The van der Waals surface area contributed by atoms with Gasteiger partial charge in [0.1, 0.15) is 17.5 Å². The fraction of sp³-hybridized carbons (Fsp3) is 0.733. The van der Waals surface area contributed by atoms with E-state index in [4.69, 9.17) is 0 Å². The molecule has 0 aromatic carbocycles. The largest absolute Gasteiger partial charge is 0.370 e. The first-order valence-corrected chi connectivity index (χ1v) is 7.72. The van der Waals surface area contributed by atoms with Crippen LogP contribution in [0, 0.1) is 5.92 Å². The quantitative estimate of drug-likeness (QED) is 0.703. The molecule has 0 saturated heterocycles. The third-order valence-corrected chi connectivity index (χ3v) is 3.84. The van der Waals surface area contributed by atoms with E-state index in [9.17, 15) is 0 Å². The summed E-state index contributed by atoms with van der Waals surface area (Å²) in [6.07, 6.45) is 8.01. The van der Waals surface area contributed by atoms with Crippen LogP contribution in [0.3, 0.4) is 0 Å². The van der Waals surface area contributed by atoms with Gasteiger partial charge in [-0.2, -0.15) is 0 Å². The number of aromatic nitrogens is 2. The maximum Gasteiger partial charge on any atom is 0.136 e. The fourth-order valence-corrected chi connectivity index (χ4v) is 2.37. The molecule has 2 aliphatic carbocycles. The predicted molar refractivity (Wildman–Crippen MR) is 78.6 cm³/mol. The van der Waals surface area contributed by atoms with Crippen molar-refractivity contribution in [2.24, 2.45) is 5.92 Å². The van der Waals surface area contributed by atoms with Gasteiger partial charge < -0.3 is 10.6 Å². The van der Waals surface area contributed by atoms with Crippen LogP contribution in [0.5, 0.6) is 0 Å². The van der Waals surface area contributed by atoms with Crippen LogP contribution in [0.1, 0.15) is 57.2 Å². The van der Waals surface area contributed by atoms with E-state index in [0.717, 1.165) is 36.5 Å². The SMILES string of the molecule is CCNc1cc(NCCCC2CC2)nc(C2CC2)n1. The average Bonchev–Trinajstić information content (AvgIpc) is 3.29. The van der Waals surface area contributed by atoms with Gasteiger partial charge in [-0.1, -0.05) is 12.8 Å². The maximum atomic E-state index is 4.65. The van der Waals surface area contributed by atoms with Crippen molar-refractivity contribution in [2.75, 3.05) is 23.7 Å². The van der Waals surface area contributed by atoms with E-state index in [0.29, 0.717) is 5.92 Å². The van der Waals surface area contributed by atoms with Crippen LogP contribution < -0.4 is 10.6 Å². The van der Waals surface area contributed by atoms with Crippen LogP contribution in [0.25, 0.3) is 0 Å². The Labute approximate surface area is 115 Å². The van der Waals surface area contributed by atoms with E-state index in [1.54, 1.807) is 0 Å². The van der Waals surface area contributed by atoms with E-state index in [1.165, 1.54) is 38.5 Å². The van der Waals surface area contributed by atoms with Gasteiger partial charge >= 0.3 is 0 Å². The Hall–Kier alpha value is -1.32. The van der Waals surface area contributed by atoms with Gasteiger partial charge in [-0.15, -0.1) is 0 Å². The van der Waals surface area contributed by atoms with Crippen molar-refractivity contribution < 1.29 is 0 Å². The fourth-order valence-electron chi connectivity index (χ4n) is 2.37. The van der Waals surface area contributed by atoms with Crippen molar-refractivity contribution in [3.63, 3.8) is 0 Å². The summed E-state index contributed by atoms with van der Waals surface area (Å²) in [5.74, 6) is 4.59. The van der Waals surface area contributed by atoms with Crippen molar-refractivity contribution in [1.82, 2.24) is 9.97 Å². The normalized spacial score (nSPS) is 18.4. The molecule has 2 aliphatic rings. The molecule has 104 valence electrons. The molecule has 0 aliphatic heterocycles. The van der Waals surface area contributed by atoms with E-state index in [-0.39, 0.29) is 0 Å². The van der Waals surface area contributed by atoms with Crippen molar-refractivity contribution >= 4 is 11.6 Å². The number of hydrogen-bond acceptors (Lipinski definition) is 4. The van der Waals surface area contributed by atoms with Gasteiger partial charge in [0, 0.05) is 25.1 Å². The van der Waals surface area contributed by atoms with Gasteiger partial charge in [0.05, 0.1) is 0 Å². The molecule has 1 aromatic rings. The minimum absolute atomic E-state index is 0.602. The topological polar surface area (TPSA) is 49.8 Å². The molecule has 0 atom stereocenters. The standard InChI is InChI=1S/C15H24N4/c1-2-16-13-10-14(17-9-3-4-11-5-6-11)19-15(18-13)12-7-8-12/h10-12H,2-9H2,1H3,(H2,16,17,18,19). The molecule has 0 bridgehead atoms. The maximum absolute atomic E-state index is 4.65. The zero-order valence-electron chi connectivity index (χ0n) is 11.8. The lowest BCUT2D eigenvalue weighted by Gasteiger charge is -2.10. The highest BCUT2D eigenvalue weighted by atomic mass is 15.1. The minimum atomic E-state index is 0.602. The molecule has 0 spiro atoms. The zero-order chi connectivity index (χ0) is 13.1. The smallest absolute Gasteiger partial charge is 0.136 e. The first kappa shape index (κ1) is 12.7. The van der Waals surface area contributed by atoms with Crippen molar-refractivity contribution in [3.05, 3.63) is 11.9 Å². The molecule has 2 fully saturated rings. The van der Waals surface area contributed by atoms with Gasteiger partial charge in [0.15, 0.2) is 0 Å². The van der Waals surface area contributed by atoms with Crippen LogP contribution in [-0.4, -0.2) is 23.1 Å². The minimum Gasteiger partial charge on any atom is -0.370 e. The lowest BCUT2D eigenvalue weighted by atomic mass is 10.2. The molecule has 1 heterocycles. The van der Waals surface area contributed by atoms with Crippen LogP contribution >= 0.6 is 0 Å². The number of anilines is 2. The molecule has 19 heavy (non-hydrogen) atoms. The third-order valence-electron chi connectivity index (χ3n) is 3.84. The van der Waals surface area contributed by atoms with Gasteiger partial charge in [0.2, 0.25) is 0 Å². The molecule has 4 heteroatoms. The zero-order valence-corrected chi connectivity index (χ0v) is 11.8. The highest BCUT2D eigenvalue weighted by molar-refractivity contribution is 5.48. The molecule has 0 radical (unpaired) electrons. The van der Waals surface area contributed by atoms with E-state index in [1.807, 2.05) is 6.07 Å². The molecule has 0 amide bonds. The number of nitrogens with zero attached hydrogens (tertiary/aromatic N) is 2. The van der Waals surface area contributed by atoms with E-state index in [2.05, 4.69) is 27.5 Å².